The lowest BCUT2D eigenvalue weighted by atomic mass is 10.1. The van der Waals surface area contributed by atoms with Crippen LogP contribution in [0.1, 0.15) is 22.2 Å². The highest BCUT2D eigenvalue weighted by Crippen LogP contribution is 2.22. The second kappa shape index (κ2) is 3.27. The predicted molar refractivity (Wildman–Crippen MR) is 51.5 cm³/mol. The van der Waals surface area contributed by atoms with Crippen molar-refractivity contribution >= 4 is 11.3 Å². The molecule has 5 heteroatoms. The standard InChI is InChI=1S/C8H10N4S/c1-5-8(10-4-13-5)7(9)6-2-11-12-3-6/h2-4,7H,9H2,1H3,(H,11,12). The van der Waals surface area contributed by atoms with Crippen LogP contribution < -0.4 is 5.73 Å². The molecule has 2 aromatic rings. The van der Waals surface area contributed by atoms with Gasteiger partial charge in [0, 0.05) is 16.6 Å². The summed E-state index contributed by atoms with van der Waals surface area (Å²) in [4.78, 5) is 5.38. The molecule has 2 rings (SSSR count). The molecule has 1 unspecified atom stereocenters. The minimum atomic E-state index is -0.162. The first kappa shape index (κ1) is 8.40. The maximum atomic E-state index is 5.99. The van der Waals surface area contributed by atoms with Crippen LogP contribution in [0, 0.1) is 6.92 Å². The smallest absolute Gasteiger partial charge is 0.0798 e. The maximum absolute atomic E-state index is 5.99. The molecule has 2 heterocycles. The highest BCUT2D eigenvalue weighted by atomic mass is 32.1. The van der Waals surface area contributed by atoms with Gasteiger partial charge < -0.3 is 5.73 Å². The Hall–Kier alpha value is -1.20. The molecule has 0 bridgehead atoms. The Kier molecular flexibility index (Phi) is 2.12. The number of nitrogens with one attached hydrogen (secondary N) is 1. The molecule has 3 N–H and O–H groups in total. The summed E-state index contributed by atoms with van der Waals surface area (Å²) in [6, 6.07) is -0.162. The molecule has 4 nitrogen and oxygen atoms in total. The maximum Gasteiger partial charge on any atom is 0.0798 e. The number of aromatic nitrogens is 3. The average Bonchev–Trinajstić information content (AvgIpc) is 2.72. The molecule has 0 radical (unpaired) electrons. The Bertz CT molecular complexity index is 379. The van der Waals surface area contributed by atoms with Gasteiger partial charge in [0.15, 0.2) is 0 Å². The van der Waals surface area contributed by atoms with Gasteiger partial charge in [0.25, 0.3) is 0 Å². The normalized spacial score (nSPS) is 13.1. The van der Waals surface area contributed by atoms with E-state index in [-0.39, 0.29) is 6.04 Å². The minimum Gasteiger partial charge on any atom is -0.319 e. The third kappa shape index (κ3) is 1.48. The van der Waals surface area contributed by atoms with Gasteiger partial charge in [-0.1, -0.05) is 0 Å². The number of aromatic amines is 1. The SMILES string of the molecule is Cc1scnc1C(N)c1cn[nH]c1. The molecule has 1 atom stereocenters. The lowest BCUT2D eigenvalue weighted by molar-refractivity contribution is 0.832. The van der Waals surface area contributed by atoms with Crippen LogP contribution >= 0.6 is 11.3 Å². The quantitative estimate of drug-likeness (QED) is 0.755. The fourth-order valence-electron chi connectivity index (χ4n) is 1.20. The molecule has 0 fully saturated rings. The van der Waals surface area contributed by atoms with Crippen molar-refractivity contribution in [2.24, 2.45) is 5.73 Å². The van der Waals surface area contributed by atoms with Gasteiger partial charge in [-0.3, -0.25) is 5.10 Å². The Morgan fingerprint density at radius 3 is 3.00 bits per heavy atom. The van der Waals surface area contributed by atoms with Crippen LogP contribution in [0.15, 0.2) is 17.9 Å². The summed E-state index contributed by atoms with van der Waals surface area (Å²) in [6.07, 6.45) is 3.52. The van der Waals surface area contributed by atoms with Crippen molar-refractivity contribution in [2.75, 3.05) is 0 Å². The van der Waals surface area contributed by atoms with Crippen LogP contribution in [0.3, 0.4) is 0 Å². The number of H-pyrrole nitrogens is 1. The highest BCUT2D eigenvalue weighted by Gasteiger charge is 2.14. The number of thiazole rings is 1. The predicted octanol–water partition coefficient (Wildman–Crippen LogP) is 1.22. The molecule has 0 aliphatic rings. The van der Waals surface area contributed by atoms with Crippen molar-refractivity contribution in [1.82, 2.24) is 15.2 Å². The molecule has 2 aromatic heterocycles. The summed E-state index contributed by atoms with van der Waals surface area (Å²) < 4.78 is 0. The van der Waals surface area contributed by atoms with Crippen LogP contribution in [-0.4, -0.2) is 15.2 Å². The van der Waals surface area contributed by atoms with E-state index in [9.17, 15) is 0 Å². The van der Waals surface area contributed by atoms with Gasteiger partial charge in [0.05, 0.1) is 23.4 Å². The molecule has 68 valence electrons. The first-order chi connectivity index (χ1) is 6.29. The zero-order chi connectivity index (χ0) is 9.26. The van der Waals surface area contributed by atoms with E-state index < -0.39 is 0 Å². The van der Waals surface area contributed by atoms with E-state index in [2.05, 4.69) is 15.2 Å². The van der Waals surface area contributed by atoms with Crippen LogP contribution in [0.4, 0.5) is 0 Å². The Labute approximate surface area is 79.8 Å². The van der Waals surface area contributed by atoms with Crippen molar-refractivity contribution in [1.29, 1.82) is 0 Å². The number of aryl methyl sites for hydroxylation is 1. The summed E-state index contributed by atoms with van der Waals surface area (Å²) in [6.45, 7) is 2.02. The van der Waals surface area contributed by atoms with Crippen LogP contribution in [-0.2, 0) is 0 Å². The van der Waals surface area contributed by atoms with E-state index >= 15 is 0 Å². The second-order valence-corrected chi connectivity index (χ2v) is 3.86. The van der Waals surface area contributed by atoms with E-state index in [4.69, 9.17) is 5.73 Å². The van der Waals surface area contributed by atoms with Crippen LogP contribution in [0.2, 0.25) is 0 Å². The van der Waals surface area contributed by atoms with E-state index in [1.807, 2.05) is 12.4 Å². The average molecular weight is 194 g/mol. The monoisotopic (exact) mass is 194 g/mol. The van der Waals surface area contributed by atoms with Crippen molar-refractivity contribution in [3.05, 3.63) is 34.0 Å². The summed E-state index contributed by atoms with van der Waals surface area (Å²) >= 11 is 1.61. The Morgan fingerprint density at radius 1 is 1.62 bits per heavy atom. The number of rotatable bonds is 2. The second-order valence-electron chi connectivity index (χ2n) is 2.80. The van der Waals surface area contributed by atoms with Crippen molar-refractivity contribution in [3.63, 3.8) is 0 Å². The topological polar surface area (TPSA) is 67.6 Å². The molecule has 0 aromatic carbocycles. The Balaban J connectivity index is 2.33. The van der Waals surface area contributed by atoms with Gasteiger partial charge in [0.1, 0.15) is 0 Å². The van der Waals surface area contributed by atoms with Gasteiger partial charge in [-0.05, 0) is 6.92 Å². The summed E-state index contributed by atoms with van der Waals surface area (Å²) in [5, 5.41) is 6.59. The van der Waals surface area contributed by atoms with Gasteiger partial charge in [-0.2, -0.15) is 5.10 Å². The first-order valence-electron chi connectivity index (χ1n) is 3.93. The molecule has 0 saturated heterocycles. The number of nitrogens with two attached hydrogens (primary N) is 1. The Morgan fingerprint density at radius 2 is 2.46 bits per heavy atom. The molecule has 13 heavy (non-hydrogen) atoms. The molecule has 0 saturated carbocycles. The highest BCUT2D eigenvalue weighted by molar-refractivity contribution is 7.09. The zero-order valence-corrected chi connectivity index (χ0v) is 8.01. The van der Waals surface area contributed by atoms with Crippen LogP contribution in [0.25, 0.3) is 0 Å². The number of hydrogen-bond acceptors (Lipinski definition) is 4. The number of nitrogens with zero attached hydrogens (tertiary/aromatic N) is 2. The van der Waals surface area contributed by atoms with E-state index in [1.54, 1.807) is 23.7 Å². The molecule has 0 spiro atoms. The lowest BCUT2D eigenvalue weighted by Gasteiger charge is -2.06. The summed E-state index contributed by atoms with van der Waals surface area (Å²) in [7, 11) is 0. The van der Waals surface area contributed by atoms with E-state index in [0.29, 0.717) is 0 Å². The van der Waals surface area contributed by atoms with E-state index in [0.717, 1.165) is 16.1 Å². The third-order valence-corrected chi connectivity index (χ3v) is 2.73. The molecule has 0 aliphatic carbocycles. The number of hydrogen-bond donors (Lipinski definition) is 2. The van der Waals surface area contributed by atoms with Crippen molar-refractivity contribution in [2.45, 2.75) is 13.0 Å². The molecular formula is C8H10N4S. The fourth-order valence-corrected chi connectivity index (χ4v) is 1.83. The summed E-state index contributed by atoms with van der Waals surface area (Å²) in [5.41, 5.74) is 9.70. The minimum absolute atomic E-state index is 0.162. The van der Waals surface area contributed by atoms with Crippen LogP contribution in [0.5, 0.6) is 0 Å². The summed E-state index contributed by atoms with van der Waals surface area (Å²) in [5.74, 6) is 0. The van der Waals surface area contributed by atoms with Gasteiger partial charge in [0.2, 0.25) is 0 Å². The molecular weight excluding hydrogens is 184 g/mol. The molecule has 0 amide bonds. The lowest BCUT2D eigenvalue weighted by Crippen LogP contribution is -2.12. The largest absolute Gasteiger partial charge is 0.319 e. The van der Waals surface area contributed by atoms with Gasteiger partial charge >= 0.3 is 0 Å². The first-order valence-corrected chi connectivity index (χ1v) is 4.81. The van der Waals surface area contributed by atoms with E-state index in [1.165, 1.54) is 0 Å². The van der Waals surface area contributed by atoms with Gasteiger partial charge in [-0.25, -0.2) is 4.98 Å². The van der Waals surface area contributed by atoms with Crippen molar-refractivity contribution < 1.29 is 0 Å². The van der Waals surface area contributed by atoms with Gasteiger partial charge in [-0.15, -0.1) is 11.3 Å². The van der Waals surface area contributed by atoms with Crippen molar-refractivity contribution in [3.8, 4) is 0 Å². The fraction of sp³-hybridized carbons (Fsp3) is 0.250. The molecule has 0 aliphatic heterocycles. The third-order valence-electron chi connectivity index (χ3n) is 1.96. The zero-order valence-electron chi connectivity index (χ0n) is 7.19.